The summed E-state index contributed by atoms with van der Waals surface area (Å²) in [5, 5.41) is 10.7. The highest BCUT2D eigenvalue weighted by molar-refractivity contribution is 6.00. The van der Waals surface area contributed by atoms with Crippen LogP contribution in [0.25, 0.3) is 0 Å². The molecule has 0 bridgehead atoms. The Bertz CT molecular complexity index is 593. The van der Waals surface area contributed by atoms with Crippen molar-refractivity contribution in [3.8, 4) is 0 Å². The number of hydrogen-bond acceptors (Lipinski definition) is 6. The molecule has 1 rings (SSSR count). The molecule has 5 atom stereocenters. The molecule has 1 aliphatic heterocycles. The Balaban J connectivity index is 3.32. The number of esters is 1. The number of allylic oxidation sites excluding steroid dienone is 1. The molecule has 0 spiro atoms. The van der Waals surface area contributed by atoms with Gasteiger partial charge in [-0.2, -0.15) is 0 Å². The Morgan fingerprint density at radius 2 is 1.77 bits per heavy atom. The largest absolute Gasteiger partial charge is 0.458 e. The number of cyclic esters (lactones) is 1. The van der Waals surface area contributed by atoms with E-state index < -0.39 is 23.6 Å². The van der Waals surface area contributed by atoms with E-state index in [1.807, 2.05) is 0 Å². The van der Waals surface area contributed by atoms with Crippen LogP contribution >= 0.6 is 0 Å². The summed E-state index contributed by atoms with van der Waals surface area (Å²) >= 11 is 0. The average Bonchev–Trinajstić information content (AvgIpc) is 2.62. The highest BCUT2D eigenvalue weighted by atomic mass is 16.6. The van der Waals surface area contributed by atoms with Crippen LogP contribution in [0.5, 0.6) is 0 Å². The lowest BCUT2D eigenvalue weighted by Gasteiger charge is -2.30. The van der Waals surface area contributed by atoms with Gasteiger partial charge in [0.15, 0.2) is 17.7 Å². The van der Waals surface area contributed by atoms with Crippen LogP contribution in [0.3, 0.4) is 0 Å². The summed E-state index contributed by atoms with van der Waals surface area (Å²) in [6.07, 6.45) is 2.29. The van der Waals surface area contributed by atoms with Crippen molar-refractivity contribution < 1.29 is 29.0 Å². The first-order valence-electron chi connectivity index (χ1n) is 9.23. The molecule has 1 heterocycles. The molecule has 0 saturated heterocycles. The van der Waals surface area contributed by atoms with Crippen molar-refractivity contribution in [2.45, 2.75) is 72.0 Å². The van der Waals surface area contributed by atoms with Crippen LogP contribution in [-0.2, 0) is 23.9 Å². The Labute approximate surface area is 155 Å². The number of Topliss-reactive ketones (excluding diaryl/α,β-unsaturated/α-hetero) is 2. The van der Waals surface area contributed by atoms with E-state index in [-0.39, 0.29) is 41.7 Å². The third kappa shape index (κ3) is 5.10. The van der Waals surface area contributed by atoms with Gasteiger partial charge in [-0.1, -0.05) is 27.2 Å². The fourth-order valence-corrected chi connectivity index (χ4v) is 3.30. The predicted octanol–water partition coefficient (Wildman–Crippen LogP) is 2.41. The van der Waals surface area contributed by atoms with E-state index in [0.29, 0.717) is 19.3 Å². The quantitative estimate of drug-likeness (QED) is 0.458. The van der Waals surface area contributed by atoms with Gasteiger partial charge in [-0.25, -0.2) is 0 Å². The van der Waals surface area contributed by atoms with E-state index in [1.54, 1.807) is 27.7 Å². The first-order chi connectivity index (χ1) is 12.1. The second-order valence-corrected chi connectivity index (χ2v) is 7.39. The zero-order valence-corrected chi connectivity index (χ0v) is 16.3. The van der Waals surface area contributed by atoms with Crippen molar-refractivity contribution in [1.29, 1.82) is 0 Å². The molecule has 0 aromatic heterocycles. The Morgan fingerprint density at radius 1 is 1.19 bits per heavy atom. The minimum absolute atomic E-state index is 0.158. The van der Waals surface area contributed by atoms with Crippen LogP contribution in [0.15, 0.2) is 11.6 Å². The van der Waals surface area contributed by atoms with Gasteiger partial charge < -0.3 is 9.84 Å². The average molecular weight is 366 g/mol. The van der Waals surface area contributed by atoms with Crippen LogP contribution in [-0.4, -0.2) is 40.6 Å². The van der Waals surface area contributed by atoms with Gasteiger partial charge >= 0.3 is 5.97 Å². The molecule has 1 N–H and O–H groups in total. The summed E-state index contributed by atoms with van der Waals surface area (Å²) in [6.45, 7) is 8.22. The van der Waals surface area contributed by atoms with Crippen molar-refractivity contribution in [2.75, 3.05) is 0 Å². The van der Waals surface area contributed by atoms with Crippen LogP contribution < -0.4 is 0 Å². The lowest BCUT2D eigenvalue weighted by Crippen LogP contribution is -2.46. The summed E-state index contributed by atoms with van der Waals surface area (Å²) < 4.78 is 5.30. The van der Waals surface area contributed by atoms with Gasteiger partial charge in [0.2, 0.25) is 0 Å². The second-order valence-electron chi connectivity index (χ2n) is 7.39. The maximum atomic E-state index is 12.5. The van der Waals surface area contributed by atoms with E-state index in [2.05, 4.69) is 0 Å². The molecule has 0 aromatic rings. The monoisotopic (exact) mass is 366 g/mol. The molecule has 6 nitrogen and oxygen atoms in total. The number of aliphatic hydroxyl groups is 1. The van der Waals surface area contributed by atoms with Gasteiger partial charge in [-0.3, -0.25) is 19.2 Å². The van der Waals surface area contributed by atoms with Gasteiger partial charge in [0.25, 0.3) is 0 Å². The minimum Gasteiger partial charge on any atom is -0.458 e. The zero-order chi connectivity index (χ0) is 20.1. The number of aldehydes is 1. The predicted molar refractivity (Wildman–Crippen MR) is 96.3 cm³/mol. The van der Waals surface area contributed by atoms with Crippen molar-refractivity contribution >= 4 is 23.8 Å². The van der Waals surface area contributed by atoms with Crippen molar-refractivity contribution in [3.05, 3.63) is 11.6 Å². The molecule has 0 saturated carbocycles. The number of rotatable bonds is 2. The smallest absolute Gasteiger partial charge is 0.316 e. The fraction of sp³-hybridized carbons (Fsp3) is 0.700. The van der Waals surface area contributed by atoms with Gasteiger partial charge in [-0.05, 0) is 44.8 Å². The van der Waals surface area contributed by atoms with E-state index in [0.717, 1.165) is 0 Å². The van der Waals surface area contributed by atoms with Crippen molar-refractivity contribution in [2.24, 2.45) is 17.8 Å². The van der Waals surface area contributed by atoms with Crippen molar-refractivity contribution in [1.82, 2.24) is 0 Å². The normalized spacial score (nSPS) is 37.3. The SMILES string of the molecule is CC[C@H]1OC(=O)[C@H](C)C(=O)[C@H](C)CCC[C@@H](C)C(=O)/C(C)=C/[C@@]1(O)C=O. The molecule has 0 amide bonds. The molecule has 6 heteroatoms. The highest BCUT2D eigenvalue weighted by Crippen LogP contribution is 2.25. The summed E-state index contributed by atoms with van der Waals surface area (Å²) in [5.74, 6) is -2.76. The summed E-state index contributed by atoms with van der Waals surface area (Å²) in [6, 6.07) is 0. The van der Waals surface area contributed by atoms with Crippen LogP contribution in [0.4, 0.5) is 0 Å². The third-order valence-electron chi connectivity index (χ3n) is 5.16. The van der Waals surface area contributed by atoms with Gasteiger partial charge in [-0.15, -0.1) is 0 Å². The highest BCUT2D eigenvalue weighted by Gasteiger charge is 2.39. The molecule has 0 aromatic carbocycles. The van der Waals surface area contributed by atoms with Crippen molar-refractivity contribution in [3.63, 3.8) is 0 Å². The maximum absolute atomic E-state index is 12.5. The Morgan fingerprint density at radius 3 is 2.31 bits per heavy atom. The van der Waals surface area contributed by atoms with Gasteiger partial charge in [0.1, 0.15) is 17.8 Å². The van der Waals surface area contributed by atoms with Gasteiger partial charge in [0.05, 0.1) is 0 Å². The molecule has 26 heavy (non-hydrogen) atoms. The van der Waals surface area contributed by atoms with E-state index in [9.17, 15) is 24.3 Å². The van der Waals surface area contributed by atoms with Crippen LogP contribution in [0.1, 0.15) is 60.3 Å². The standard InChI is InChI=1S/C20H30O6/c1-6-16-20(25,11-21)10-14(4)17(22)12(2)8-7-9-13(3)18(23)15(5)19(24)26-16/h10-13,15-16,25H,6-9H2,1-5H3/b14-10+/t12-,13-,15-,16-,20-/m1/s1. The molecule has 1 aliphatic rings. The van der Waals surface area contributed by atoms with Gasteiger partial charge in [0, 0.05) is 11.8 Å². The van der Waals surface area contributed by atoms with Crippen LogP contribution in [0, 0.1) is 17.8 Å². The molecular weight excluding hydrogens is 336 g/mol. The van der Waals surface area contributed by atoms with Crippen LogP contribution in [0.2, 0.25) is 0 Å². The second kappa shape index (κ2) is 9.21. The third-order valence-corrected chi connectivity index (χ3v) is 5.16. The fourth-order valence-electron chi connectivity index (χ4n) is 3.30. The number of ether oxygens (including phenoxy) is 1. The first kappa shape index (κ1) is 22.2. The molecule has 0 fully saturated rings. The molecule has 0 unspecified atom stereocenters. The summed E-state index contributed by atoms with van der Waals surface area (Å²) in [5.41, 5.74) is -1.85. The van der Waals surface area contributed by atoms with E-state index >= 15 is 0 Å². The Kier molecular flexibility index (Phi) is 7.87. The first-order valence-corrected chi connectivity index (χ1v) is 9.23. The van der Waals surface area contributed by atoms with E-state index in [1.165, 1.54) is 13.0 Å². The topological polar surface area (TPSA) is 97.7 Å². The lowest BCUT2D eigenvalue weighted by atomic mass is 9.86. The zero-order valence-electron chi connectivity index (χ0n) is 16.3. The summed E-state index contributed by atoms with van der Waals surface area (Å²) in [4.78, 5) is 48.9. The Hall–Kier alpha value is -1.82. The number of carbonyl (C=O) groups is 4. The molecule has 0 radical (unpaired) electrons. The molecular formula is C20H30O6. The number of ketones is 2. The number of hydrogen-bond donors (Lipinski definition) is 1. The summed E-state index contributed by atoms with van der Waals surface area (Å²) in [7, 11) is 0. The lowest BCUT2D eigenvalue weighted by molar-refractivity contribution is -0.167. The molecule has 146 valence electrons. The number of carbonyl (C=O) groups excluding carboxylic acids is 4. The minimum atomic E-state index is -2.11. The maximum Gasteiger partial charge on any atom is 0.316 e. The van der Waals surface area contributed by atoms with E-state index in [4.69, 9.17) is 4.74 Å². The molecule has 0 aliphatic carbocycles.